The van der Waals surface area contributed by atoms with E-state index in [-0.39, 0.29) is 65.2 Å². The van der Waals surface area contributed by atoms with E-state index in [0.717, 1.165) is 60.9 Å². The normalized spacial score (nSPS) is 15.5. The number of benzene rings is 4. The highest BCUT2D eigenvalue weighted by atomic mass is 16.5. The fraction of sp³-hybridized carbons (Fsp3) is 0.396. The Hall–Kier alpha value is -6.33. The number of piperazine rings is 1. The summed E-state index contributed by atoms with van der Waals surface area (Å²) in [6.07, 6.45) is 0.585. The molecule has 4 aromatic rings. The number of amides is 4. The lowest BCUT2D eigenvalue weighted by atomic mass is 10.1. The van der Waals surface area contributed by atoms with Gasteiger partial charge in [0.2, 0.25) is 5.91 Å². The lowest BCUT2D eigenvalue weighted by molar-refractivity contribution is -0.121. The molecule has 16 heteroatoms. The van der Waals surface area contributed by atoms with E-state index >= 15 is 0 Å². The lowest BCUT2D eigenvalue weighted by Gasteiger charge is -2.34. The zero-order valence-corrected chi connectivity index (χ0v) is 36.3. The number of phenols is 2. The zero-order valence-electron chi connectivity index (χ0n) is 36.3. The molecule has 4 N–H and O–H groups in total. The van der Waals surface area contributed by atoms with E-state index < -0.39 is 17.9 Å². The molecule has 0 radical (unpaired) electrons. The molecule has 4 aromatic carbocycles. The van der Waals surface area contributed by atoms with Gasteiger partial charge in [-0.3, -0.25) is 33.9 Å². The molecular formula is C48H56N6O10. The first-order valence-electron chi connectivity index (χ1n) is 21.7. The van der Waals surface area contributed by atoms with Gasteiger partial charge < -0.3 is 44.8 Å². The first-order chi connectivity index (χ1) is 31.1. The Kier molecular flexibility index (Phi) is 15.3. The van der Waals surface area contributed by atoms with Crippen molar-refractivity contribution in [2.24, 2.45) is 0 Å². The molecule has 0 aromatic heterocycles. The van der Waals surface area contributed by atoms with Crippen molar-refractivity contribution in [1.82, 2.24) is 24.9 Å². The van der Waals surface area contributed by atoms with Crippen molar-refractivity contribution in [3.63, 3.8) is 0 Å². The maximum absolute atomic E-state index is 13.9. The minimum Gasteiger partial charge on any atom is -0.507 e. The Bertz CT molecular complexity index is 2330. The molecule has 64 heavy (non-hydrogen) atoms. The van der Waals surface area contributed by atoms with Crippen LogP contribution in [0.1, 0.15) is 71.7 Å². The van der Waals surface area contributed by atoms with Crippen LogP contribution >= 0.6 is 0 Å². The molecular weight excluding hydrogens is 821 g/mol. The van der Waals surface area contributed by atoms with Crippen LogP contribution in [0, 0.1) is 6.92 Å². The van der Waals surface area contributed by atoms with Gasteiger partial charge in [-0.2, -0.15) is 0 Å². The Balaban J connectivity index is 0.786. The molecule has 4 amide bonds. The van der Waals surface area contributed by atoms with E-state index in [1.165, 1.54) is 18.7 Å². The van der Waals surface area contributed by atoms with E-state index in [4.69, 9.17) is 14.2 Å². The summed E-state index contributed by atoms with van der Waals surface area (Å²) in [4.78, 5) is 71.2. The van der Waals surface area contributed by atoms with E-state index in [9.17, 15) is 34.2 Å². The summed E-state index contributed by atoms with van der Waals surface area (Å²) in [5, 5.41) is 27.0. The second-order valence-electron chi connectivity index (χ2n) is 16.2. The predicted molar refractivity (Wildman–Crippen MR) is 237 cm³/mol. The SMILES string of the molecule is CNC(=O)CCC(C=O)N1C(=O)c2cccc(NCCOCCOCCN3CCN(Cc4ccc5c(c4)CN(C(=O)c4c(O)cc(O)c(C)c4OCc4ccccc4)C5)CC3)c2C1=O. The predicted octanol–water partition coefficient (Wildman–Crippen LogP) is 4.09. The number of rotatable bonds is 21. The van der Waals surface area contributed by atoms with Crippen LogP contribution in [0.25, 0.3) is 0 Å². The summed E-state index contributed by atoms with van der Waals surface area (Å²) in [6, 6.07) is 21.0. The van der Waals surface area contributed by atoms with Crippen molar-refractivity contribution < 1.29 is 48.4 Å². The molecule has 0 aliphatic carbocycles. The molecule has 3 aliphatic rings. The van der Waals surface area contributed by atoms with Gasteiger partial charge in [-0.15, -0.1) is 0 Å². The van der Waals surface area contributed by atoms with Crippen molar-refractivity contribution >= 4 is 35.6 Å². The number of nitrogens with one attached hydrogen (secondary N) is 2. The topological polar surface area (TPSA) is 191 Å². The second kappa shape index (κ2) is 21.4. The molecule has 1 saturated heterocycles. The highest BCUT2D eigenvalue weighted by Gasteiger charge is 2.41. The first kappa shape index (κ1) is 45.7. The Labute approximate surface area is 372 Å². The number of aromatic hydroxyl groups is 2. The molecule has 338 valence electrons. The van der Waals surface area contributed by atoms with Gasteiger partial charge in [-0.25, -0.2) is 0 Å². The molecule has 1 unspecified atom stereocenters. The van der Waals surface area contributed by atoms with Gasteiger partial charge in [0.25, 0.3) is 17.7 Å². The standard InChI is InChI=1S/C48H56N6O10/c1-32-40(56)26-41(57)44(45(32)64-31-33-7-4-3-5-8-33)47(60)53-28-35-12-11-34(25-36(35)29-53)27-52-18-16-51(17-19-52)20-22-63-24-23-62-21-15-50-39-10-6-9-38-43(39)48(61)54(46(38)59)37(30-55)13-14-42(58)49-2/h3-12,25-26,30,37,50,56-57H,13-24,27-29,31H2,1-2H3,(H,49,58). The van der Waals surface area contributed by atoms with Crippen LogP contribution in [0.2, 0.25) is 0 Å². The molecule has 3 heterocycles. The third-order valence-electron chi connectivity index (χ3n) is 11.9. The fourth-order valence-electron chi connectivity index (χ4n) is 8.31. The van der Waals surface area contributed by atoms with Gasteiger partial charge in [-0.05, 0) is 47.7 Å². The van der Waals surface area contributed by atoms with Crippen LogP contribution in [0.4, 0.5) is 5.69 Å². The molecule has 1 atom stereocenters. The van der Waals surface area contributed by atoms with Crippen LogP contribution < -0.4 is 15.4 Å². The molecule has 3 aliphatic heterocycles. The van der Waals surface area contributed by atoms with Crippen molar-refractivity contribution in [2.75, 3.05) is 78.1 Å². The lowest BCUT2D eigenvalue weighted by Crippen LogP contribution is -2.46. The minimum absolute atomic E-state index is 0.0105. The Morgan fingerprint density at radius 2 is 1.55 bits per heavy atom. The first-order valence-corrected chi connectivity index (χ1v) is 21.7. The van der Waals surface area contributed by atoms with Crippen LogP contribution in [0.3, 0.4) is 0 Å². The number of ether oxygens (including phenoxy) is 3. The summed E-state index contributed by atoms with van der Waals surface area (Å²) in [6.45, 7) is 10.1. The van der Waals surface area contributed by atoms with E-state index in [0.29, 0.717) is 63.6 Å². The third-order valence-corrected chi connectivity index (χ3v) is 11.9. The van der Waals surface area contributed by atoms with Gasteiger partial charge >= 0.3 is 0 Å². The number of imide groups is 1. The number of nitrogens with zero attached hydrogens (tertiary/aromatic N) is 4. The molecule has 16 nitrogen and oxygen atoms in total. The molecule has 1 fully saturated rings. The van der Waals surface area contributed by atoms with Crippen LogP contribution in [-0.2, 0) is 45.3 Å². The fourth-order valence-corrected chi connectivity index (χ4v) is 8.31. The maximum Gasteiger partial charge on any atom is 0.264 e. The molecule has 0 saturated carbocycles. The average molecular weight is 877 g/mol. The third kappa shape index (κ3) is 10.7. The van der Waals surface area contributed by atoms with Gasteiger partial charge in [0.1, 0.15) is 35.7 Å². The highest BCUT2D eigenvalue weighted by molar-refractivity contribution is 6.24. The summed E-state index contributed by atoms with van der Waals surface area (Å²) in [5.41, 5.74) is 5.56. The van der Waals surface area contributed by atoms with Crippen molar-refractivity contribution in [3.05, 3.63) is 117 Å². The quantitative estimate of drug-likeness (QED) is 0.0533. The summed E-state index contributed by atoms with van der Waals surface area (Å²) in [5.74, 6) is -2.04. The number of anilines is 1. The summed E-state index contributed by atoms with van der Waals surface area (Å²) >= 11 is 0. The van der Waals surface area contributed by atoms with Gasteiger partial charge in [0, 0.05) is 89.7 Å². The van der Waals surface area contributed by atoms with Gasteiger partial charge in [-0.1, -0.05) is 54.6 Å². The number of phenolic OH excluding ortho intramolecular Hbond substituents is 2. The largest absolute Gasteiger partial charge is 0.507 e. The molecule has 0 bridgehead atoms. The highest BCUT2D eigenvalue weighted by Crippen LogP contribution is 2.40. The smallest absolute Gasteiger partial charge is 0.264 e. The monoisotopic (exact) mass is 876 g/mol. The molecule has 0 spiro atoms. The molecule has 7 rings (SSSR count). The minimum atomic E-state index is -1.04. The number of fused-ring (bicyclic) bond motifs is 2. The van der Waals surface area contributed by atoms with E-state index in [1.807, 2.05) is 30.3 Å². The average Bonchev–Trinajstić information content (AvgIpc) is 3.85. The number of hydrogen-bond donors (Lipinski definition) is 4. The van der Waals surface area contributed by atoms with E-state index in [2.05, 4.69) is 38.6 Å². The number of carbonyl (C=O) groups excluding carboxylic acids is 5. The Morgan fingerprint density at radius 3 is 2.30 bits per heavy atom. The van der Waals surface area contributed by atoms with Crippen molar-refractivity contribution in [3.8, 4) is 17.2 Å². The summed E-state index contributed by atoms with van der Waals surface area (Å²) in [7, 11) is 1.48. The van der Waals surface area contributed by atoms with Crippen LogP contribution in [-0.4, -0.2) is 139 Å². The van der Waals surface area contributed by atoms with Crippen molar-refractivity contribution in [2.45, 2.75) is 52.0 Å². The van der Waals surface area contributed by atoms with E-state index in [1.54, 1.807) is 30.0 Å². The summed E-state index contributed by atoms with van der Waals surface area (Å²) < 4.78 is 17.6. The van der Waals surface area contributed by atoms with Gasteiger partial charge in [0.05, 0.1) is 43.6 Å². The van der Waals surface area contributed by atoms with Crippen LogP contribution in [0.5, 0.6) is 17.2 Å². The Morgan fingerprint density at radius 1 is 0.812 bits per heavy atom. The van der Waals surface area contributed by atoms with Crippen LogP contribution in [0.15, 0.2) is 72.8 Å². The maximum atomic E-state index is 13.9. The number of hydrogen-bond acceptors (Lipinski definition) is 13. The zero-order chi connectivity index (χ0) is 45.2. The second-order valence-corrected chi connectivity index (χ2v) is 16.2. The number of aldehydes is 1. The number of carbonyl (C=O) groups is 5. The van der Waals surface area contributed by atoms with Gasteiger partial charge in [0.15, 0.2) is 0 Å². The van der Waals surface area contributed by atoms with Crippen molar-refractivity contribution in [1.29, 1.82) is 0 Å².